The Morgan fingerprint density at radius 1 is 1.32 bits per heavy atom. The number of rotatable bonds is 4. The van der Waals surface area contributed by atoms with Crippen LogP contribution in [0.4, 0.5) is 5.69 Å². The Hall–Kier alpha value is -1.02. The molecule has 8 heteroatoms. The van der Waals surface area contributed by atoms with Crippen LogP contribution < -0.4 is 4.72 Å². The molecule has 1 aromatic heterocycles. The number of furan rings is 1. The van der Waals surface area contributed by atoms with E-state index in [-0.39, 0.29) is 17.5 Å². The van der Waals surface area contributed by atoms with Crippen molar-refractivity contribution in [2.24, 2.45) is 0 Å². The van der Waals surface area contributed by atoms with Gasteiger partial charge in [0, 0.05) is 4.47 Å². The van der Waals surface area contributed by atoms with Gasteiger partial charge < -0.3 is 9.52 Å². The van der Waals surface area contributed by atoms with Crippen molar-refractivity contribution < 1.29 is 17.9 Å². The first-order valence-electron chi connectivity index (χ1n) is 5.10. The fraction of sp³-hybridized carbons (Fsp3) is 0.0909. The summed E-state index contributed by atoms with van der Waals surface area (Å²) in [6.07, 6.45) is 0. The number of aliphatic hydroxyl groups is 1. The van der Waals surface area contributed by atoms with E-state index in [2.05, 4.69) is 20.7 Å². The van der Waals surface area contributed by atoms with Gasteiger partial charge in [-0.1, -0.05) is 11.6 Å². The zero-order valence-electron chi connectivity index (χ0n) is 9.43. The van der Waals surface area contributed by atoms with Crippen molar-refractivity contribution in [1.82, 2.24) is 0 Å². The summed E-state index contributed by atoms with van der Waals surface area (Å²) in [6.45, 7) is -0.361. The molecule has 19 heavy (non-hydrogen) atoms. The highest BCUT2D eigenvalue weighted by atomic mass is 79.9. The first-order chi connectivity index (χ1) is 8.92. The first kappa shape index (κ1) is 14.4. The monoisotopic (exact) mass is 365 g/mol. The van der Waals surface area contributed by atoms with E-state index in [1.807, 2.05) is 0 Å². The minimum atomic E-state index is -3.83. The molecular weight excluding hydrogens is 358 g/mol. The number of sulfonamides is 1. The van der Waals surface area contributed by atoms with E-state index in [4.69, 9.17) is 21.1 Å². The normalized spacial score (nSPS) is 11.5. The maximum Gasteiger partial charge on any atom is 0.295 e. The average molecular weight is 367 g/mol. The molecule has 102 valence electrons. The van der Waals surface area contributed by atoms with E-state index in [1.165, 1.54) is 18.2 Å². The molecular formula is C11H9BrClNO4S. The van der Waals surface area contributed by atoms with Gasteiger partial charge in [0.25, 0.3) is 10.0 Å². The molecule has 1 aromatic carbocycles. The quantitative estimate of drug-likeness (QED) is 0.872. The van der Waals surface area contributed by atoms with Crippen molar-refractivity contribution in [3.8, 4) is 0 Å². The molecule has 0 unspecified atom stereocenters. The molecule has 2 rings (SSSR count). The van der Waals surface area contributed by atoms with Gasteiger partial charge in [0.15, 0.2) is 0 Å². The van der Waals surface area contributed by atoms with Crippen LogP contribution in [0.25, 0.3) is 0 Å². The van der Waals surface area contributed by atoms with Crippen LogP contribution in [0.15, 0.2) is 44.3 Å². The van der Waals surface area contributed by atoms with Crippen molar-refractivity contribution in [3.05, 3.63) is 45.6 Å². The van der Waals surface area contributed by atoms with Gasteiger partial charge in [0.2, 0.25) is 5.09 Å². The standard InChI is InChI=1S/C11H9BrClNO4S/c12-9-3-1-7(5-10(9)13)14-19(16,17)11-4-2-8(6-15)18-11/h1-5,14-15H,6H2. The van der Waals surface area contributed by atoms with Gasteiger partial charge in [-0.25, -0.2) is 0 Å². The molecule has 0 saturated carbocycles. The summed E-state index contributed by atoms with van der Waals surface area (Å²) in [5.41, 5.74) is 0.315. The third kappa shape index (κ3) is 3.30. The van der Waals surface area contributed by atoms with E-state index < -0.39 is 10.0 Å². The van der Waals surface area contributed by atoms with Crippen LogP contribution in [0.1, 0.15) is 5.76 Å². The van der Waals surface area contributed by atoms with Gasteiger partial charge in [0.1, 0.15) is 12.4 Å². The van der Waals surface area contributed by atoms with Crippen LogP contribution in [0.5, 0.6) is 0 Å². The number of benzene rings is 1. The molecule has 2 N–H and O–H groups in total. The van der Waals surface area contributed by atoms with Crippen LogP contribution in [0.3, 0.4) is 0 Å². The molecule has 5 nitrogen and oxygen atoms in total. The SMILES string of the molecule is O=S(=O)(Nc1ccc(Br)c(Cl)c1)c1ccc(CO)o1. The molecule has 0 radical (unpaired) electrons. The van der Waals surface area contributed by atoms with Gasteiger partial charge >= 0.3 is 0 Å². The van der Waals surface area contributed by atoms with Gasteiger partial charge in [-0.2, -0.15) is 8.42 Å². The zero-order valence-corrected chi connectivity index (χ0v) is 12.6. The third-order valence-corrected chi connectivity index (χ3v) is 4.72. The predicted octanol–water partition coefficient (Wildman–Crippen LogP) is 2.99. The fourth-order valence-electron chi connectivity index (χ4n) is 1.35. The summed E-state index contributed by atoms with van der Waals surface area (Å²) in [5, 5.41) is 8.96. The zero-order chi connectivity index (χ0) is 14.0. The second-order valence-corrected chi connectivity index (χ2v) is 6.49. The second kappa shape index (κ2) is 5.54. The topological polar surface area (TPSA) is 79.5 Å². The highest BCUT2D eigenvalue weighted by molar-refractivity contribution is 9.10. The molecule has 0 bridgehead atoms. The maximum atomic E-state index is 12.0. The number of hydrogen-bond acceptors (Lipinski definition) is 4. The van der Waals surface area contributed by atoms with Crippen molar-refractivity contribution in [3.63, 3.8) is 0 Å². The minimum absolute atomic E-state index is 0.175. The Kier molecular flexibility index (Phi) is 4.19. The highest BCUT2D eigenvalue weighted by Crippen LogP contribution is 2.27. The Bertz CT molecular complexity index is 698. The number of hydrogen-bond donors (Lipinski definition) is 2. The minimum Gasteiger partial charge on any atom is -0.445 e. The van der Waals surface area contributed by atoms with Crippen LogP contribution in [0.2, 0.25) is 5.02 Å². The Labute approximate surface area is 123 Å². The molecule has 0 aliphatic carbocycles. The Morgan fingerprint density at radius 2 is 2.05 bits per heavy atom. The smallest absolute Gasteiger partial charge is 0.295 e. The first-order valence-corrected chi connectivity index (χ1v) is 7.75. The highest BCUT2D eigenvalue weighted by Gasteiger charge is 2.19. The maximum absolute atomic E-state index is 12.0. The molecule has 0 fully saturated rings. The van der Waals surface area contributed by atoms with Gasteiger partial charge in [0.05, 0.1) is 10.7 Å². The lowest BCUT2D eigenvalue weighted by molar-refractivity contribution is 0.236. The van der Waals surface area contributed by atoms with Crippen LogP contribution in [-0.2, 0) is 16.6 Å². The Morgan fingerprint density at radius 3 is 2.63 bits per heavy atom. The van der Waals surface area contributed by atoms with E-state index >= 15 is 0 Å². The molecule has 0 aliphatic heterocycles. The van der Waals surface area contributed by atoms with Crippen molar-refractivity contribution >= 4 is 43.2 Å². The number of aliphatic hydroxyl groups excluding tert-OH is 1. The predicted molar refractivity (Wildman–Crippen MR) is 74.6 cm³/mol. The van der Waals surface area contributed by atoms with Crippen molar-refractivity contribution in [2.75, 3.05) is 4.72 Å². The molecule has 0 amide bonds. The number of halogens is 2. The number of nitrogens with one attached hydrogen (secondary N) is 1. The summed E-state index contributed by atoms with van der Waals surface area (Å²) < 4.78 is 31.9. The molecule has 0 atom stereocenters. The van der Waals surface area contributed by atoms with E-state index in [9.17, 15) is 8.42 Å². The molecule has 2 aromatic rings. The van der Waals surface area contributed by atoms with Gasteiger partial charge in [-0.3, -0.25) is 4.72 Å². The Balaban J connectivity index is 2.28. The largest absolute Gasteiger partial charge is 0.445 e. The summed E-state index contributed by atoms with van der Waals surface area (Å²) in [5.74, 6) is 0.175. The fourth-order valence-corrected chi connectivity index (χ4v) is 2.78. The lowest BCUT2D eigenvalue weighted by atomic mass is 10.3. The third-order valence-electron chi connectivity index (χ3n) is 2.23. The summed E-state index contributed by atoms with van der Waals surface area (Å²) in [6, 6.07) is 7.32. The lowest BCUT2D eigenvalue weighted by Crippen LogP contribution is -2.12. The van der Waals surface area contributed by atoms with E-state index in [0.29, 0.717) is 15.2 Å². The van der Waals surface area contributed by atoms with Crippen LogP contribution in [0, 0.1) is 0 Å². The van der Waals surface area contributed by atoms with Crippen molar-refractivity contribution in [2.45, 2.75) is 11.7 Å². The van der Waals surface area contributed by atoms with Crippen LogP contribution >= 0.6 is 27.5 Å². The average Bonchev–Trinajstić information content (AvgIpc) is 2.83. The summed E-state index contributed by atoms with van der Waals surface area (Å²) in [7, 11) is -3.83. The van der Waals surface area contributed by atoms with E-state index in [0.717, 1.165) is 0 Å². The molecule has 0 spiro atoms. The molecule has 1 heterocycles. The van der Waals surface area contributed by atoms with Crippen molar-refractivity contribution in [1.29, 1.82) is 0 Å². The van der Waals surface area contributed by atoms with Crippen LogP contribution in [-0.4, -0.2) is 13.5 Å². The lowest BCUT2D eigenvalue weighted by Gasteiger charge is -2.06. The second-order valence-electron chi connectivity index (χ2n) is 3.61. The summed E-state index contributed by atoms with van der Waals surface area (Å²) >= 11 is 9.09. The summed E-state index contributed by atoms with van der Waals surface area (Å²) in [4.78, 5) is 0. The molecule has 0 saturated heterocycles. The molecule has 0 aliphatic rings. The van der Waals surface area contributed by atoms with Gasteiger partial charge in [-0.15, -0.1) is 0 Å². The number of anilines is 1. The van der Waals surface area contributed by atoms with E-state index in [1.54, 1.807) is 12.1 Å². The van der Waals surface area contributed by atoms with Gasteiger partial charge in [-0.05, 0) is 46.3 Å².